The van der Waals surface area contributed by atoms with Gasteiger partial charge in [-0.25, -0.2) is 0 Å². The maximum Gasteiger partial charge on any atom is 0.127 e. The molecule has 1 atom stereocenters. The molecule has 0 saturated heterocycles. The molecule has 0 fully saturated rings. The highest BCUT2D eigenvalue weighted by molar-refractivity contribution is 5.34. The van der Waals surface area contributed by atoms with Crippen molar-refractivity contribution in [3.8, 4) is 23.3 Å². The lowest BCUT2D eigenvalue weighted by Crippen LogP contribution is -1.92. The van der Waals surface area contributed by atoms with Gasteiger partial charge in [0.2, 0.25) is 0 Å². The van der Waals surface area contributed by atoms with Crippen molar-refractivity contribution in [3.63, 3.8) is 0 Å². The molecule has 0 heterocycles. The van der Waals surface area contributed by atoms with E-state index in [1.54, 1.807) is 0 Å². The summed E-state index contributed by atoms with van der Waals surface area (Å²) in [6.07, 6.45) is 0.898. The summed E-state index contributed by atoms with van der Waals surface area (Å²) >= 11 is 0. The molecule has 96 valence electrons. The molecule has 2 rings (SSSR count). The summed E-state index contributed by atoms with van der Waals surface area (Å²) in [6, 6.07) is 18.1. The van der Waals surface area contributed by atoms with Crippen LogP contribution in [-0.2, 0) is 0 Å². The number of ether oxygens (including phenoxy) is 1. The number of hydrogen-bond acceptors (Lipinski definition) is 1. The summed E-state index contributed by atoms with van der Waals surface area (Å²) in [7, 11) is 0. The van der Waals surface area contributed by atoms with Crippen molar-refractivity contribution in [2.45, 2.75) is 26.2 Å². The zero-order chi connectivity index (χ0) is 13.5. The Morgan fingerprint density at radius 3 is 2.21 bits per heavy atom. The second kappa shape index (κ2) is 6.66. The van der Waals surface area contributed by atoms with E-state index in [0.717, 1.165) is 17.9 Å². The Morgan fingerprint density at radius 1 is 0.947 bits per heavy atom. The topological polar surface area (TPSA) is 9.23 Å². The summed E-state index contributed by atoms with van der Waals surface area (Å²) in [5.41, 5.74) is 1.29. The summed E-state index contributed by atoms with van der Waals surface area (Å²) in [6.45, 7) is 4.07. The highest BCUT2D eigenvalue weighted by atomic mass is 16.5. The van der Waals surface area contributed by atoms with Crippen LogP contribution < -0.4 is 4.74 Å². The van der Waals surface area contributed by atoms with E-state index in [4.69, 9.17) is 4.74 Å². The SMILES string of the molecule is CC#CCC(C)c1ccc(Oc2ccccc2)cc1. The van der Waals surface area contributed by atoms with Gasteiger partial charge in [0, 0.05) is 6.42 Å². The van der Waals surface area contributed by atoms with Gasteiger partial charge < -0.3 is 4.74 Å². The van der Waals surface area contributed by atoms with Gasteiger partial charge in [-0.3, -0.25) is 0 Å². The van der Waals surface area contributed by atoms with E-state index in [0.29, 0.717) is 5.92 Å². The quantitative estimate of drug-likeness (QED) is 0.694. The molecule has 0 spiro atoms. The van der Waals surface area contributed by atoms with Gasteiger partial charge in [-0.05, 0) is 42.7 Å². The van der Waals surface area contributed by atoms with Crippen LogP contribution in [0.3, 0.4) is 0 Å². The molecule has 0 bridgehead atoms. The Labute approximate surface area is 115 Å². The van der Waals surface area contributed by atoms with Crippen LogP contribution in [0.2, 0.25) is 0 Å². The van der Waals surface area contributed by atoms with E-state index >= 15 is 0 Å². The summed E-state index contributed by atoms with van der Waals surface area (Å²) in [4.78, 5) is 0. The van der Waals surface area contributed by atoms with Gasteiger partial charge in [0.05, 0.1) is 0 Å². The average Bonchev–Trinajstić information content (AvgIpc) is 2.46. The molecule has 0 aliphatic heterocycles. The molecule has 0 aromatic heterocycles. The first-order chi connectivity index (χ1) is 9.29. The minimum atomic E-state index is 0.457. The fourth-order valence-corrected chi connectivity index (χ4v) is 1.86. The predicted molar refractivity (Wildman–Crippen MR) is 79.4 cm³/mol. The Kier molecular flexibility index (Phi) is 4.64. The number of benzene rings is 2. The van der Waals surface area contributed by atoms with E-state index < -0.39 is 0 Å². The van der Waals surface area contributed by atoms with E-state index in [1.165, 1.54) is 5.56 Å². The zero-order valence-electron chi connectivity index (χ0n) is 11.4. The average molecular weight is 250 g/mol. The molecular formula is C18H18O. The molecule has 0 amide bonds. The van der Waals surface area contributed by atoms with Crippen LogP contribution in [0.15, 0.2) is 54.6 Å². The molecule has 0 radical (unpaired) electrons. The number of hydrogen-bond donors (Lipinski definition) is 0. The van der Waals surface area contributed by atoms with E-state index in [1.807, 2.05) is 49.4 Å². The minimum absolute atomic E-state index is 0.457. The molecule has 1 nitrogen and oxygen atoms in total. The number of rotatable bonds is 4. The van der Waals surface area contributed by atoms with Crippen molar-refractivity contribution >= 4 is 0 Å². The fraction of sp³-hybridized carbons (Fsp3) is 0.222. The largest absolute Gasteiger partial charge is 0.457 e. The third kappa shape index (κ3) is 3.89. The van der Waals surface area contributed by atoms with E-state index in [-0.39, 0.29) is 0 Å². The Hall–Kier alpha value is -2.20. The van der Waals surface area contributed by atoms with Crippen LogP contribution in [0.1, 0.15) is 31.7 Å². The van der Waals surface area contributed by atoms with Gasteiger partial charge in [0.1, 0.15) is 11.5 Å². The highest BCUT2D eigenvalue weighted by Gasteiger charge is 2.04. The van der Waals surface area contributed by atoms with Crippen LogP contribution in [0, 0.1) is 11.8 Å². The Bertz CT molecular complexity index is 558. The highest BCUT2D eigenvalue weighted by Crippen LogP contribution is 2.24. The molecule has 1 heteroatoms. The lowest BCUT2D eigenvalue weighted by Gasteiger charge is -2.10. The summed E-state index contributed by atoms with van der Waals surface area (Å²) in [5.74, 6) is 8.24. The molecule has 0 aliphatic carbocycles. The number of para-hydroxylation sites is 1. The van der Waals surface area contributed by atoms with Gasteiger partial charge in [0.25, 0.3) is 0 Å². The second-order valence-electron chi connectivity index (χ2n) is 4.52. The van der Waals surface area contributed by atoms with E-state index in [9.17, 15) is 0 Å². The Balaban J connectivity index is 2.03. The van der Waals surface area contributed by atoms with Crippen molar-refractivity contribution in [1.82, 2.24) is 0 Å². The molecule has 0 saturated carbocycles. The molecular weight excluding hydrogens is 232 g/mol. The van der Waals surface area contributed by atoms with Crippen LogP contribution in [0.4, 0.5) is 0 Å². The molecule has 0 aliphatic rings. The maximum atomic E-state index is 5.77. The molecule has 0 N–H and O–H groups in total. The predicted octanol–water partition coefficient (Wildman–Crippen LogP) is 5.00. The van der Waals surface area contributed by atoms with E-state index in [2.05, 4.69) is 30.9 Å². The standard InChI is InChI=1S/C18H18O/c1-3-4-8-15(2)16-11-13-18(14-12-16)19-17-9-6-5-7-10-17/h5-7,9-15H,8H2,1-2H3. The van der Waals surface area contributed by atoms with Gasteiger partial charge >= 0.3 is 0 Å². The van der Waals surface area contributed by atoms with Crippen molar-refractivity contribution < 1.29 is 4.74 Å². The molecule has 1 unspecified atom stereocenters. The van der Waals surface area contributed by atoms with Gasteiger partial charge in [-0.1, -0.05) is 37.3 Å². The summed E-state index contributed by atoms with van der Waals surface area (Å²) < 4.78 is 5.77. The van der Waals surface area contributed by atoms with Crippen molar-refractivity contribution in [2.75, 3.05) is 0 Å². The van der Waals surface area contributed by atoms with Crippen LogP contribution in [0.25, 0.3) is 0 Å². The first-order valence-electron chi connectivity index (χ1n) is 6.52. The Morgan fingerprint density at radius 2 is 1.58 bits per heavy atom. The summed E-state index contributed by atoms with van der Waals surface area (Å²) in [5, 5.41) is 0. The minimum Gasteiger partial charge on any atom is -0.457 e. The maximum absolute atomic E-state index is 5.77. The van der Waals surface area contributed by atoms with Gasteiger partial charge in [0.15, 0.2) is 0 Å². The monoisotopic (exact) mass is 250 g/mol. The molecule has 2 aromatic rings. The zero-order valence-corrected chi connectivity index (χ0v) is 11.4. The first-order valence-corrected chi connectivity index (χ1v) is 6.52. The first kappa shape index (κ1) is 13.2. The van der Waals surface area contributed by atoms with Crippen molar-refractivity contribution in [1.29, 1.82) is 0 Å². The third-order valence-electron chi connectivity index (χ3n) is 3.01. The van der Waals surface area contributed by atoms with Crippen molar-refractivity contribution in [3.05, 3.63) is 60.2 Å². The normalized spacial score (nSPS) is 11.3. The third-order valence-corrected chi connectivity index (χ3v) is 3.01. The van der Waals surface area contributed by atoms with Crippen molar-refractivity contribution in [2.24, 2.45) is 0 Å². The van der Waals surface area contributed by atoms with Crippen LogP contribution in [-0.4, -0.2) is 0 Å². The molecule has 2 aromatic carbocycles. The smallest absolute Gasteiger partial charge is 0.127 e. The van der Waals surface area contributed by atoms with Crippen LogP contribution in [0.5, 0.6) is 11.5 Å². The van der Waals surface area contributed by atoms with Crippen LogP contribution >= 0.6 is 0 Å². The lowest BCUT2D eigenvalue weighted by molar-refractivity contribution is 0.482. The second-order valence-corrected chi connectivity index (χ2v) is 4.52. The van der Waals surface area contributed by atoms with Gasteiger partial charge in [-0.15, -0.1) is 11.8 Å². The fourth-order valence-electron chi connectivity index (χ4n) is 1.86. The van der Waals surface area contributed by atoms with Gasteiger partial charge in [-0.2, -0.15) is 0 Å². The molecule has 19 heavy (non-hydrogen) atoms. The lowest BCUT2D eigenvalue weighted by atomic mass is 9.98.